The number of hydrogen-bond donors (Lipinski definition) is 0. The third-order valence-corrected chi connectivity index (χ3v) is 8.26. The topological polar surface area (TPSA) is 43.1 Å². The summed E-state index contributed by atoms with van der Waals surface area (Å²) in [6, 6.07) is 58.3. The van der Waals surface area contributed by atoms with Gasteiger partial charge >= 0.3 is 0 Å². The van der Waals surface area contributed by atoms with Crippen molar-refractivity contribution in [2.75, 3.05) is 6.66 Å². The number of imidazole rings is 1. The predicted molar refractivity (Wildman–Crippen MR) is 256 cm³/mol. The fraction of sp³-hybridized carbons (Fsp3) is 0.128. The van der Waals surface area contributed by atoms with Gasteiger partial charge in [0.1, 0.15) is 0 Å². The maximum Gasteiger partial charge on any atom is 0.196 e. The second kappa shape index (κ2) is 31.0. The van der Waals surface area contributed by atoms with Crippen LogP contribution in [-0.4, -0.2) is 31.2 Å². The number of halogens is 2. The molecule has 0 N–H and O–H groups in total. The fourth-order valence-electron chi connectivity index (χ4n) is 5.91. The average molecular weight is 1920 g/mol. The van der Waals surface area contributed by atoms with Crippen molar-refractivity contribution in [1.29, 1.82) is 0 Å². The molecule has 13 heteroatoms. The molecule has 0 aliphatic carbocycles. The SMILES string of the molecule is CC(C)(C)c1cc2ccc[c-]c2c2nc3ccccc3n12.CPI.C[B]I.[Ir].[Ir].[Ir].[Ir].[Ir].[c-]1ccccc1-c1ccccn1.[c-]1ccccc1-c1nccc2ccccc12. The quantitative estimate of drug-likeness (QED) is 0.0750. The number of pyridine rings is 3. The third kappa shape index (κ3) is 16.6. The molecule has 0 aliphatic heterocycles. The molecule has 4 aromatic heterocycles. The Bertz CT molecular complexity index is 2500. The summed E-state index contributed by atoms with van der Waals surface area (Å²) < 4.78 is 2.29. The number of aromatic nitrogens is 4. The molecule has 60 heavy (non-hydrogen) atoms. The molecule has 0 saturated heterocycles. The Morgan fingerprint density at radius 1 is 0.633 bits per heavy atom. The monoisotopic (exact) mass is 1920 g/mol. The van der Waals surface area contributed by atoms with E-state index in [1.807, 2.05) is 121 Å². The van der Waals surface area contributed by atoms with Gasteiger partial charge in [-0.05, 0) is 53.1 Å². The molecule has 0 saturated carbocycles. The minimum atomic E-state index is 0. The molecule has 4 heterocycles. The first-order chi connectivity index (χ1) is 26.8. The van der Waals surface area contributed by atoms with Crippen molar-refractivity contribution in [2.45, 2.75) is 33.0 Å². The summed E-state index contributed by atoms with van der Waals surface area (Å²) in [7, 11) is 0. The molecule has 320 valence electrons. The molecule has 5 aromatic carbocycles. The minimum Gasteiger partial charge on any atom is -0.337 e. The van der Waals surface area contributed by atoms with E-state index < -0.39 is 0 Å². The maximum absolute atomic E-state index is 4.85. The Morgan fingerprint density at radius 2 is 1.20 bits per heavy atom. The van der Waals surface area contributed by atoms with Gasteiger partial charge in [-0.1, -0.05) is 110 Å². The van der Waals surface area contributed by atoms with Crippen molar-refractivity contribution in [2.24, 2.45) is 0 Å². The molecule has 0 spiro atoms. The zero-order valence-corrected chi connectivity index (χ0v) is 50.6. The average Bonchev–Trinajstić information content (AvgIpc) is 3.62. The fourth-order valence-corrected chi connectivity index (χ4v) is 5.91. The summed E-state index contributed by atoms with van der Waals surface area (Å²) >= 11 is 4.48. The molecule has 0 aliphatic rings. The summed E-state index contributed by atoms with van der Waals surface area (Å²) in [4.78, 5) is 13.5. The standard InChI is InChI=1S/C19H17N2.C15H10N.C11H8N.CH3BI.CH4IP.5Ir/c1-19(2,3)17-12-13-8-4-5-9-14(13)18-20-15-10-6-7-11-16(15)21(17)18;1-2-7-13(8-3-1)15-14-9-5-4-6-12(14)10-11-16-15;1-2-6-10(7-3-1)11-8-4-5-9-12-11;1-2-3;1-3-2;;;;;/h4-8,10-12H,1-3H3;1-7,9-11H;1-6,8-9H;1H3;3H,1H3;;;;;/q3*-1;;;;;;;. The van der Waals surface area contributed by atoms with Crippen molar-refractivity contribution in [3.05, 3.63) is 182 Å². The normalized spacial score (nSPS) is 9.85. The van der Waals surface area contributed by atoms with E-state index in [9.17, 15) is 0 Å². The van der Waals surface area contributed by atoms with Gasteiger partial charge in [0.15, 0.2) is 5.14 Å². The van der Waals surface area contributed by atoms with Crippen LogP contribution in [0.1, 0.15) is 26.5 Å². The van der Waals surface area contributed by atoms with Crippen LogP contribution < -0.4 is 0 Å². The van der Waals surface area contributed by atoms with Gasteiger partial charge in [-0.25, -0.2) is 0 Å². The zero-order valence-electron chi connectivity index (χ0n) is 33.3. The molecule has 1 unspecified atom stereocenters. The molecule has 0 amide bonds. The Hall–Kier alpha value is -0.928. The number of benzene rings is 5. The van der Waals surface area contributed by atoms with Crippen LogP contribution in [-0.2, 0) is 106 Å². The first-order valence-corrected chi connectivity index (χ1v) is 23.7. The number of para-hydroxylation sites is 2. The van der Waals surface area contributed by atoms with Crippen LogP contribution in [0.25, 0.3) is 60.7 Å². The molecular weight excluding hydrogens is 1880 g/mol. The van der Waals surface area contributed by atoms with Crippen LogP contribution in [0, 0.1) is 18.2 Å². The van der Waals surface area contributed by atoms with Crippen molar-refractivity contribution in [3.8, 4) is 22.5 Å². The van der Waals surface area contributed by atoms with E-state index in [-0.39, 0.29) is 106 Å². The Labute approximate surface area is 452 Å². The second-order valence-corrected chi connectivity index (χ2v) is 18.0. The third-order valence-electron chi connectivity index (χ3n) is 8.26. The molecule has 0 bridgehead atoms. The molecular formula is C47H42BI2Ir5N4P-3. The van der Waals surface area contributed by atoms with Gasteiger partial charge in [0.2, 0.25) is 0 Å². The summed E-state index contributed by atoms with van der Waals surface area (Å²) in [6.45, 7) is 10.9. The van der Waals surface area contributed by atoms with E-state index in [0.717, 1.165) is 50.8 Å². The van der Waals surface area contributed by atoms with Gasteiger partial charge in [0.05, 0.1) is 16.7 Å². The van der Waals surface area contributed by atoms with E-state index in [0.29, 0.717) is 0 Å². The van der Waals surface area contributed by atoms with Crippen LogP contribution in [0.5, 0.6) is 0 Å². The number of nitrogens with zero attached hydrogens (tertiary/aromatic N) is 4. The number of hydrogen-bond acceptors (Lipinski definition) is 3. The number of fused-ring (bicyclic) bond motifs is 6. The van der Waals surface area contributed by atoms with E-state index in [1.165, 1.54) is 21.9 Å². The molecule has 1 atom stereocenters. The van der Waals surface area contributed by atoms with Crippen molar-refractivity contribution < 1.29 is 101 Å². The molecule has 0 fully saturated rings. The molecule has 6 radical (unpaired) electrons. The largest absolute Gasteiger partial charge is 0.337 e. The van der Waals surface area contributed by atoms with Gasteiger partial charge in [-0.3, -0.25) is 4.98 Å². The van der Waals surface area contributed by atoms with E-state index in [4.69, 9.17) is 4.98 Å². The van der Waals surface area contributed by atoms with Gasteiger partial charge in [-0.15, -0.1) is 107 Å². The van der Waals surface area contributed by atoms with E-state index >= 15 is 0 Å². The summed E-state index contributed by atoms with van der Waals surface area (Å²) in [5.41, 5.74) is 8.57. The summed E-state index contributed by atoms with van der Waals surface area (Å²) in [6.07, 6.45) is 4.69. The Kier molecular flexibility index (Phi) is 30.6. The first-order valence-electron chi connectivity index (χ1n) is 17.9. The van der Waals surface area contributed by atoms with Crippen LogP contribution in [0.2, 0.25) is 6.82 Å². The van der Waals surface area contributed by atoms with Crippen LogP contribution in [0.15, 0.2) is 158 Å². The van der Waals surface area contributed by atoms with Crippen LogP contribution in [0.3, 0.4) is 0 Å². The second-order valence-electron chi connectivity index (χ2n) is 13.1. The van der Waals surface area contributed by atoms with Gasteiger partial charge in [0, 0.05) is 124 Å². The molecule has 4 nitrogen and oxygen atoms in total. The zero-order chi connectivity index (χ0) is 39.0. The van der Waals surface area contributed by atoms with Crippen molar-refractivity contribution in [3.63, 3.8) is 0 Å². The molecule has 9 rings (SSSR count). The Balaban J connectivity index is 0.000000806. The smallest absolute Gasteiger partial charge is 0.196 e. The van der Waals surface area contributed by atoms with Gasteiger partial charge < -0.3 is 14.4 Å². The van der Waals surface area contributed by atoms with Gasteiger partial charge in [0.25, 0.3) is 0 Å². The van der Waals surface area contributed by atoms with Crippen LogP contribution in [0.4, 0.5) is 0 Å². The van der Waals surface area contributed by atoms with E-state index in [1.54, 1.807) is 6.20 Å². The van der Waals surface area contributed by atoms with E-state index in [2.05, 4.69) is 147 Å². The summed E-state index contributed by atoms with van der Waals surface area (Å²) in [5, 5.41) is 6.64. The minimum absolute atomic E-state index is 0. The van der Waals surface area contributed by atoms with Crippen LogP contribution >= 0.6 is 50.6 Å². The summed E-state index contributed by atoms with van der Waals surface area (Å²) in [5.74, 6) is 0. The number of rotatable bonds is 2. The first kappa shape index (κ1) is 59.1. The predicted octanol–water partition coefficient (Wildman–Crippen LogP) is 13.7. The molecule has 9 aromatic rings. The van der Waals surface area contributed by atoms with Crippen molar-refractivity contribution >= 4 is 94.0 Å². The Morgan fingerprint density at radius 3 is 1.82 bits per heavy atom. The van der Waals surface area contributed by atoms with Crippen molar-refractivity contribution in [1.82, 2.24) is 19.4 Å². The van der Waals surface area contributed by atoms with Gasteiger partial charge in [-0.2, -0.15) is 22.4 Å². The maximum atomic E-state index is 4.85.